The van der Waals surface area contributed by atoms with Crippen molar-refractivity contribution in [3.63, 3.8) is 0 Å². The summed E-state index contributed by atoms with van der Waals surface area (Å²) < 4.78 is 39.1. The molecule has 2 N–H and O–H groups in total. The van der Waals surface area contributed by atoms with Crippen LogP contribution in [0.3, 0.4) is 0 Å². The third-order valence-electron chi connectivity index (χ3n) is 4.43. The van der Waals surface area contributed by atoms with Gasteiger partial charge in [0.15, 0.2) is 0 Å². The number of hydrogen-bond donors (Lipinski definition) is 2. The number of amides is 1. The molecule has 2 aromatic carbocycles. The van der Waals surface area contributed by atoms with Crippen molar-refractivity contribution in [2.45, 2.75) is 25.5 Å². The fourth-order valence-corrected chi connectivity index (χ4v) is 2.67. The Bertz CT molecular complexity index is 834. The van der Waals surface area contributed by atoms with Crippen LogP contribution in [0.15, 0.2) is 54.6 Å². The van der Waals surface area contributed by atoms with E-state index >= 15 is 0 Å². The van der Waals surface area contributed by atoms with Gasteiger partial charge >= 0.3 is 12.6 Å². The molecule has 0 aliphatic rings. The summed E-state index contributed by atoms with van der Waals surface area (Å²) in [7, 11) is 1.27. The van der Waals surface area contributed by atoms with Crippen molar-refractivity contribution in [1.29, 1.82) is 0 Å². The second-order valence-corrected chi connectivity index (χ2v) is 6.90. The maximum Gasteiger partial charge on any atom is 0.387 e. The molecule has 1 atom stereocenters. The molecule has 0 fully saturated rings. The van der Waals surface area contributed by atoms with E-state index in [1.807, 2.05) is 18.2 Å². The summed E-state index contributed by atoms with van der Waals surface area (Å²) >= 11 is 0. The molecule has 9 heteroatoms. The molecule has 7 nitrogen and oxygen atoms in total. The van der Waals surface area contributed by atoms with Crippen molar-refractivity contribution in [3.8, 4) is 11.5 Å². The summed E-state index contributed by atoms with van der Waals surface area (Å²) in [6, 6.07) is 15.2. The Morgan fingerprint density at radius 1 is 1.03 bits per heavy atom. The van der Waals surface area contributed by atoms with Crippen LogP contribution in [0.1, 0.15) is 12.5 Å². The van der Waals surface area contributed by atoms with Crippen LogP contribution in [0.5, 0.6) is 11.5 Å². The Balaban J connectivity index is 1.79. The van der Waals surface area contributed by atoms with Crippen LogP contribution in [0.2, 0.25) is 0 Å². The number of methoxy groups -OCH3 is 1. The number of ether oxygens (including phenoxy) is 3. The number of hydrogen-bond acceptors (Lipinski definition) is 6. The van der Waals surface area contributed by atoms with E-state index < -0.39 is 18.1 Å². The van der Waals surface area contributed by atoms with Gasteiger partial charge in [-0.3, -0.25) is 10.1 Å². The lowest BCUT2D eigenvalue weighted by molar-refractivity contribution is -0.149. The highest BCUT2D eigenvalue weighted by Gasteiger charge is 2.35. The minimum atomic E-state index is -2.87. The molecule has 1 amide bonds. The first-order valence-electron chi connectivity index (χ1n) is 9.64. The number of rotatable bonds is 12. The predicted octanol–water partition coefficient (Wildman–Crippen LogP) is 2.55. The first-order chi connectivity index (χ1) is 14.8. The molecule has 168 valence electrons. The van der Waals surface area contributed by atoms with Crippen LogP contribution >= 0.6 is 0 Å². The first-order valence-corrected chi connectivity index (χ1v) is 9.64. The molecule has 0 saturated heterocycles. The molecule has 0 bridgehead atoms. The smallest absolute Gasteiger partial charge is 0.387 e. The van der Waals surface area contributed by atoms with Crippen LogP contribution in [-0.4, -0.2) is 50.8 Å². The highest BCUT2D eigenvalue weighted by Crippen LogP contribution is 2.15. The van der Waals surface area contributed by atoms with Crippen molar-refractivity contribution in [3.05, 3.63) is 60.2 Å². The second-order valence-electron chi connectivity index (χ2n) is 6.90. The van der Waals surface area contributed by atoms with E-state index in [1.54, 1.807) is 31.2 Å². The summed E-state index contributed by atoms with van der Waals surface area (Å²) in [5.74, 6) is -0.199. The van der Waals surface area contributed by atoms with Crippen molar-refractivity contribution in [2.24, 2.45) is 0 Å². The summed E-state index contributed by atoms with van der Waals surface area (Å²) in [6.45, 7) is -1.08. The maximum atomic E-state index is 12.2. The number of carbonyl (C=O) groups excluding carboxylic acids is 2. The average molecular weight is 436 g/mol. The lowest BCUT2D eigenvalue weighted by Gasteiger charge is -2.27. The SMILES string of the molecule is COC(=O)C(C)(COc1ccccc1)NCC(=O)NCCc1ccc(OC(F)F)cc1. The molecule has 2 aromatic rings. The van der Waals surface area contributed by atoms with Crippen molar-refractivity contribution in [2.75, 3.05) is 26.8 Å². The molecule has 0 saturated carbocycles. The third kappa shape index (κ3) is 8.21. The molecule has 0 aliphatic heterocycles. The Hall–Kier alpha value is -3.20. The van der Waals surface area contributed by atoms with Gasteiger partial charge in [0.2, 0.25) is 5.91 Å². The van der Waals surface area contributed by atoms with Crippen molar-refractivity contribution < 1.29 is 32.6 Å². The van der Waals surface area contributed by atoms with Crippen LogP contribution in [0.25, 0.3) is 0 Å². The zero-order valence-electron chi connectivity index (χ0n) is 17.4. The van der Waals surface area contributed by atoms with Gasteiger partial charge in [-0.2, -0.15) is 8.78 Å². The van der Waals surface area contributed by atoms with Crippen LogP contribution < -0.4 is 20.1 Å². The van der Waals surface area contributed by atoms with Gasteiger partial charge < -0.3 is 19.5 Å². The van der Waals surface area contributed by atoms with Gasteiger partial charge in [0.25, 0.3) is 0 Å². The number of carbonyl (C=O) groups is 2. The normalized spacial score (nSPS) is 12.7. The van der Waals surface area contributed by atoms with E-state index in [9.17, 15) is 18.4 Å². The molecule has 0 radical (unpaired) electrons. The Morgan fingerprint density at radius 3 is 2.32 bits per heavy atom. The maximum absolute atomic E-state index is 12.2. The summed E-state index contributed by atoms with van der Waals surface area (Å²) in [6.07, 6.45) is 0.506. The van der Waals surface area contributed by atoms with Gasteiger partial charge in [-0.25, -0.2) is 4.79 Å². The van der Waals surface area contributed by atoms with Gasteiger partial charge in [-0.1, -0.05) is 30.3 Å². The van der Waals surface area contributed by atoms with Gasteiger partial charge in [-0.05, 0) is 43.2 Å². The quantitative estimate of drug-likeness (QED) is 0.498. The molecule has 0 spiro atoms. The number of esters is 1. The van der Waals surface area contributed by atoms with Crippen molar-refractivity contribution in [1.82, 2.24) is 10.6 Å². The minimum absolute atomic E-state index is 0.0238. The van der Waals surface area contributed by atoms with E-state index in [2.05, 4.69) is 15.4 Å². The first kappa shape index (κ1) is 24.1. The van der Waals surface area contributed by atoms with Crippen LogP contribution in [0, 0.1) is 0 Å². The monoisotopic (exact) mass is 436 g/mol. The zero-order valence-corrected chi connectivity index (χ0v) is 17.4. The molecular weight excluding hydrogens is 410 g/mol. The largest absolute Gasteiger partial charge is 0.491 e. The average Bonchev–Trinajstić information content (AvgIpc) is 2.77. The molecule has 0 aliphatic carbocycles. The summed E-state index contributed by atoms with van der Waals surface area (Å²) in [5.41, 5.74) is -0.367. The van der Waals surface area contributed by atoms with E-state index in [0.29, 0.717) is 18.7 Å². The number of para-hydroxylation sites is 1. The summed E-state index contributed by atoms with van der Waals surface area (Å²) in [4.78, 5) is 24.4. The van der Waals surface area contributed by atoms with Gasteiger partial charge in [0.1, 0.15) is 23.6 Å². The lowest BCUT2D eigenvalue weighted by atomic mass is 10.0. The second kappa shape index (κ2) is 11.8. The third-order valence-corrected chi connectivity index (χ3v) is 4.43. The molecule has 0 heterocycles. The highest BCUT2D eigenvalue weighted by atomic mass is 19.3. The van der Waals surface area contributed by atoms with Gasteiger partial charge in [0, 0.05) is 6.54 Å². The number of benzene rings is 2. The van der Waals surface area contributed by atoms with E-state index in [-0.39, 0.29) is 24.8 Å². The highest BCUT2D eigenvalue weighted by molar-refractivity contribution is 5.83. The Kier molecular flexibility index (Phi) is 9.20. The van der Waals surface area contributed by atoms with Crippen LogP contribution in [-0.2, 0) is 20.7 Å². The summed E-state index contributed by atoms with van der Waals surface area (Å²) in [5, 5.41) is 5.63. The lowest BCUT2D eigenvalue weighted by Crippen LogP contribution is -2.57. The van der Waals surface area contributed by atoms with Crippen molar-refractivity contribution >= 4 is 11.9 Å². The Morgan fingerprint density at radius 2 is 1.71 bits per heavy atom. The number of halogens is 2. The molecule has 31 heavy (non-hydrogen) atoms. The van der Waals surface area contributed by atoms with Gasteiger partial charge in [0.05, 0.1) is 13.7 Å². The predicted molar refractivity (Wildman–Crippen MR) is 110 cm³/mol. The van der Waals surface area contributed by atoms with E-state index in [1.165, 1.54) is 19.2 Å². The Labute approximate surface area is 179 Å². The van der Waals surface area contributed by atoms with E-state index in [4.69, 9.17) is 9.47 Å². The topological polar surface area (TPSA) is 85.9 Å². The molecule has 2 rings (SSSR count). The molecular formula is C22H26F2N2O5. The zero-order chi connectivity index (χ0) is 22.7. The van der Waals surface area contributed by atoms with Gasteiger partial charge in [-0.15, -0.1) is 0 Å². The number of alkyl halides is 2. The standard InChI is InChI=1S/C22H26F2N2O5/c1-22(20(28)29-2,15-30-17-6-4-3-5-7-17)26-14-19(27)25-13-12-16-8-10-18(11-9-16)31-21(23)24/h3-11,21,26H,12-15H2,1-2H3,(H,25,27). The molecule has 1 unspecified atom stereocenters. The van der Waals surface area contributed by atoms with E-state index in [0.717, 1.165) is 5.56 Å². The minimum Gasteiger partial charge on any atom is -0.491 e. The fourth-order valence-electron chi connectivity index (χ4n) is 2.67. The van der Waals surface area contributed by atoms with Crippen LogP contribution in [0.4, 0.5) is 8.78 Å². The molecule has 0 aromatic heterocycles. The fraction of sp³-hybridized carbons (Fsp3) is 0.364. The number of nitrogens with one attached hydrogen (secondary N) is 2.